The lowest BCUT2D eigenvalue weighted by atomic mass is 10.2. The number of carbonyl (C=O) groups is 1. The molecule has 28 heavy (non-hydrogen) atoms. The molecular formula is C19H16F2N6O. The SMILES string of the molecule is N=Cc1cnc(Nc2ccc(C(N)=O)cn2)cc1NCc1cc(F)ccc1F. The second-order valence-corrected chi connectivity index (χ2v) is 5.81. The minimum atomic E-state index is -0.580. The van der Waals surface area contributed by atoms with Crippen molar-refractivity contribution in [2.45, 2.75) is 6.54 Å². The Balaban J connectivity index is 1.78. The van der Waals surface area contributed by atoms with Gasteiger partial charge in [-0.1, -0.05) is 0 Å². The molecular weight excluding hydrogens is 366 g/mol. The highest BCUT2D eigenvalue weighted by molar-refractivity contribution is 5.92. The second kappa shape index (κ2) is 8.21. The number of carbonyl (C=O) groups excluding carboxylic acids is 1. The number of hydrogen-bond acceptors (Lipinski definition) is 6. The van der Waals surface area contributed by atoms with Crippen molar-refractivity contribution in [2.24, 2.45) is 5.73 Å². The van der Waals surface area contributed by atoms with Crippen LogP contribution in [0.25, 0.3) is 0 Å². The van der Waals surface area contributed by atoms with E-state index in [4.69, 9.17) is 11.1 Å². The molecule has 0 saturated carbocycles. The van der Waals surface area contributed by atoms with Gasteiger partial charge in [-0.2, -0.15) is 0 Å². The van der Waals surface area contributed by atoms with Crippen LogP contribution < -0.4 is 16.4 Å². The van der Waals surface area contributed by atoms with Crippen LogP contribution in [-0.2, 0) is 6.54 Å². The van der Waals surface area contributed by atoms with Gasteiger partial charge in [0.1, 0.15) is 23.3 Å². The number of nitrogens with one attached hydrogen (secondary N) is 3. The average Bonchev–Trinajstić information content (AvgIpc) is 2.69. The van der Waals surface area contributed by atoms with E-state index in [-0.39, 0.29) is 17.7 Å². The number of benzene rings is 1. The highest BCUT2D eigenvalue weighted by Crippen LogP contribution is 2.21. The number of nitrogens with zero attached hydrogens (tertiary/aromatic N) is 2. The summed E-state index contributed by atoms with van der Waals surface area (Å²) in [6.07, 6.45) is 3.89. The van der Waals surface area contributed by atoms with E-state index in [1.165, 1.54) is 18.5 Å². The van der Waals surface area contributed by atoms with Crippen LogP contribution >= 0.6 is 0 Å². The maximum Gasteiger partial charge on any atom is 0.250 e. The molecule has 0 bridgehead atoms. The molecule has 2 heterocycles. The van der Waals surface area contributed by atoms with Gasteiger partial charge in [-0.25, -0.2) is 18.7 Å². The van der Waals surface area contributed by atoms with E-state index in [2.05, 4.69) is 20.6 Å². The van der Waals surface area contributed by atoms with Gasteiger partial charge in [0.15, 0.2) is 0 Å². The lowest BCUT2D eigenvalue weighted by molar-refractivity contribution is 0.1000. The molecule has 3 rings (SSSR count). The average molecular weight is 382 g/mol. The first kappa shape index (κ1) is 18.9. The van der Waals surface area contributed by atoms with E-state index < -0.39 is 17.5 Å². The van der Waals surface area contributed by atoms with Crippen molar-refractivity contribution in [3.8, 4) is 0 Å². The number of aromatic nitrogens is 2. The predicted octanol–water partition coefficient (Wildman–Crippen LogP) is 3.21. The van der Waals surface area contributed by atoms with Crippen LogP contribution in [0.2, 0.25) is 0 Å². The molecule has 1 amide bonds. The Labute approximate surface area is 159 Å². The number of rotatable bonds is 7. The van der Waals surface area contributed by atoms with Gasteiger partial charge in [0.2, 0.25) is 5.91 Å². The zero-order valence-electron chi connectivity index (χ0n) is 14.5. The third-order valence-electron chi connectivity index (χ3n) is 3.87. The third-order valence-corrected chi connectivity index (χ3v) is 3.87. The van der Waals surface area contributed by atoms with Gasteiger partial charge >= 0.3 is 0 Å². The van der Waals surface area contributed by atoms with Crippen molar-refractivity contribution >= 4 is 29.4 Å². The molecule has 0 radical (unpaired) electrons. The molecule has 1 aromatic carbocycles. The number of primary amides is 1. The van der Waals surface area contributed by atoms with Crippen LogP contribution in [0.3, 0.4) is 0 Å². The summed E-state index contributed by atoms with van der Waals surface area (Å²) >= 11 is 0. The number of anilines is 3. The number of nitrogens with two attached hydrogens (primary N) is 1. The minimum Gasteiger partial charge on any atom is -0.380 e. The van der Waals surface area contributed by atoms with Crippen LogP contribution in [0.15, 0.2) is 48.8 Å². The number of halogens is 2. The molecule has 0 aliphatic rings. The number of hydrogen-bond donors (Lipinski definition) is 4. The second-order valence-electron chi connectivity index (χ2n) is 5.81. The van der Waals surface area contributed by atoms with Crippen molar-refractivity contribution < 1.29 is 13.6 Å². The third kappa shape index (κ3) is 4.44. The molecule has 0 fully saturated rings. The topological polar surface area (TPSA) is 117 Å². The molecule has 0 atom stereocenters. The highest BCUT2D eigenvalue weighted by Gasteiger charge is 2.08. The summed E-state index contributed by atoms with van der Waals surface area (Å²) in [7, 11) is 0. The Morgan fingerprint density at radius 2 is 1.89 bits per heavy atom. The van der Waals surface area contributed by atoms with Gasteiger partial charge < -0.3 is 21.8 Å². The maximum atomic E-state index is 13.8. The lowest BCUT2D eigenvalue weighted by Gasteiger charge is -2.12. The molecule has 0 saturated heterocycles. The van der Waals surface area contributed by atoms with Crippen LogP contribution in [-0.4, -0.2) is 22.1 Å². The summed E-state index contributed by atoms with van der Waals surface area (Å²) in [6.45, 7) is 0.0272. The normalized spacial score (nSPS) is 10.4. The van der Waals surface area contributed by atoms with Gasteiger partial charge in [-0.3, -0.25) is 4.79 Å². The summed E-state index contributed by atoms with van der Waals surface area (Å²) in [5.74, 6) is -0.803. The number of amides is 1. The number of pyridine rings is 2. The first-order valence-corrected chi connectivity index (χ1v) is 8.17. The standard InChI is InChI=1S/C19H16F2N6O/c20-14-2-3-15(21)12(5-14)9-24-16-6-18(26-10-13(16)7-22)27-17-4-1-11(8-25-17)19(23)28/h1-8,10,22H,9H2,(H2,23,28)(H2,24,25,26,27). The summed E-state index contributed by atoms with van der Waals surface area (Å²) < 4.78 is 27.1. The fourth-order valence-corrected chi connectivity index (χ4v) is 2.42. The highest BCUT2D eigenvalue weighted by atomic mass is 19.1. The fraction of sp³-hybridized carbons (Fsp3) is 0.0526. The molecule has 142 valence electrons. The smallest absolute Gasteiger partial charge is 0.250 e. The Kier molecular flexibility index (Phi) is 5.54. The van der Waals surface area contributed by atoms with Crippen molar-refractivity contribution in [2.75, 3.05) is 10.6 Å². The molecule has 0 aliphatic heterocycles. The maximum absolute atomic E-state index is 13.8. The van der Waals surface area contributed by atoms with Gasteiger partial charge in [0, 0.05) is 48.0 Å². The van der Waals surface area contributed by atoms with Crippen molar-refractivity contribution in [3.63, 3.8) is 0 Å². The predicted molar refractivity (Wildman–Crippen MR) is 102 cm³/mol. The molecule has 2 aromatic heterocycles. The molecule has 9 heteroatoms. The first-order chi connectivity index (χ1) is 13.5. The van der Waals surface area contributed by atoms with Crippen LogP contribution in [0.4, 0.5) is 26.1 Å². The lowest BCUT2D eigenvalue weighted by Crippen LogP contribution is -2.11. The van der Waals surface area contributed by atoms with Crippen molar-refractivity contribution in [1.29, 1.82) is 5.41 Å². The fourth-order valence-electron chi connectivity index (χ4n) is 2.42. The zero-order valence-corrected chi connectivity index (χ0v) is 14.5. The Morgan fingerprint density at radius 1 is 1.11 bits per heavy atom. The molecule has 0 unspecified atom stereocenters. The molecule has 0 aliphatic carbocycles. The monoisotopic (exact) mass is 382 g/mol. The quantitative estimate of drug-likeness (QED) is 0.468. The summed E-state index contributed by atoms with van der Waals surface area (Å²) in [6, 6.07) is 7.92. The summed E-state index contributed by atoms with van der Waals surface area (Å²) in [4.78, 5) is 19.3. The Morgan fingerprint density at radius 3 is 2.57 bits per heavy atom. The molecule has 5 N–H and O–H groups in total. The van der Waals surface area contributed by atoms with E-state index in [9.17, 15) is 13.6 Å². The molecule has 0 spiro atoms. The van der Waals surface area contributed by atoms with Gasteiger partial charge in [0.05, 0.1) is 5.56 Å². The van der Waals surface area contributed by atoms with E-state index in [0.717, 1.165) is 24.4 Å². The van der Waals surface area contributed by atoms with E-state index in [1.807, 2.05) is 0 Å². The molecule has 7 nitrogen and oxygen atoms in total. The summed E-state index contributed by atoms with van der Waals surface area (Å²) in [5.41, 5.74) is 6.59. The Hall–Kier alpha value is -3.88. The van der Waals surface area contributed by atoms with Crippen LogP contribution in [0.1, 0.15) is 21.5 Å². The van der Waals surface area contributed by atoms with Gasteiger partial charge in [0.25, 0.3) is 0 Å². The van der Waals surface area contributed by atoms with Crippen LogP contribution in [0, 0.1) is 17.0 Å². The van der Waals surface area contributed by atoms with Crippen molar-refractivity contribution in [1.82, 2.24) is 9.97 Å². The first-order valence-electron chi connectivity index (χ1n) is 8.17. The van der Waals surface area contributed by atoms with E-state index in [1.54, 1.807) is 12.1 Å². The molecule has 3 aromatic rings. The zero-order chi connectivity index (χ0) is 20.1. The van der Waals surface area contributed by atoms with E-state index in [0.29, 0.717) is 22.9 Å². The van der Waals surface area contributed by atoms with Crippen LogP contribution in [0.5, 0.6) is 0 Å². The minimum absolute atomic E-state index is 0.0272. The largest absolute Gasteiger partial charge is 0.380 e. The van der Waals surface area contributed by atoms with Gasteiger partial charge in [-0.05, 0) is 30.3 Å². The van der Waals surface area contributed by atoms with E-state index >= 15 is 0 Å². The summed E-state index contributed by atoms with van der Waals surface area (Å²) in [5, 5.41) is 13.4. The van der Waals surface area contributed by atoms with Crippen molar-refractivity contribution in [3.05, 3.63) is 77.1 Å². The Bertz CT molecular complexity index is 1020. The van der Waals surface area contributed by atoms with Gasteiger partial charge in [-0.15, -0.1) is 0 Å².